The van der Waals surface area contributed by atoms with Gasteiger partial charge in [0.1, 0.15) is 11.5 Å². The highest BCUT2D eigenvalue weighted by Gasteiger charge is 2.09. The lowest BCUT2D eigenvalue weighted by atomic mass is 10.1. The van der Waals surface area contributed by atoms with Crippen molar-refractivity contribution in [2.24, 2.45) is 5.73 Å². The van der Waals surface area contributed by atoms with Crippen LogP contribution in [0.5, 0.6) is 11.5 Å². The van der Waals surface area contributed by atoms with E-state index in [0.717, 1.165) is 17.1 Å². The number of rotatable bonds is 5. The molecular formula is C11H17NO3. The van der Waals surface area contributed by atoms with Gasteiger partial charge in [-0.05, 0) is 30.2 Å². The highest BCUT2D eigenvalue weighted by atomic mass is 16.5. The Bertz CT molecular complexity index is 315. The Balaban J connectivity index is 2.90. The van der Waals surface area contributed by atoms with Crippen LogP contribution in [-0.4, -0.2) is 32.0 Å². The van der Waals surface area contributed by atoms with Crippen molar-refractivity contribution in [3.05, 3.63) is 23.8 Å². The number of ether oxygens (including phenoxy) is 2. The summed E-state index contributed by atoms with van der Waals surface area (Å²) in [6, 6.07) is 5.25. The molecule has 1 atom stereocenters. The number of methoxy groups -OCH3 is 2. The van der Waals surface area contributed by atoms with E-state index in [1.54, 1.807) is 14.2 Å². The van der Waals surface area contributed by atoms with Crippen LogP contribution in [0.15, 0.2) is 18.2 Å². The molecule has 15 heavy (non-hydrogen) atoms. The fourth-order valence-electron chi connectivity index (χ4n) is 1.39. The van der Waals surface area contributed by atoms with Gasteiger partial charge in [0.05, 0.1) is 20.8 Å². The zero-order valence-corrected chi connectivity index (χ0v) is 9.06. The molecule has 0 heterocycles. The molecule has 0 aromatic heterocycles. The van der Waals surface area contributed by atoms with Gasteiger partial charge in [-0.25, -0.2) is 0 Å². The van der Waals surface area contributed by atoms with Crippen LogP contribution in [0.1, 0.15) is 5.56 Å². The Labute approximate surface area is 89.6 Å². The average Bonchev–Trinajstić information content (AvgIpc) is 2.28. The van der Waals surface area contributed by atoms with Crippen LogP contribution < -0.4 is 15.2 Å². The molecule has 1 rings (SSSR count). The predicted molar refractivity (Wildman–Crippen MR) is 58.3 cm³/mol. The van der Waals surface area contributed by atoms with Gasteiger partial charge in [-0.2, -0.15) is 0 Å². The topological polar surface area (TPSA) is 64.7 Å². The van der Waals surface area contributed by atoms with Crippen molar-refractivity contribution in [3.8, 4) is 11.5 Å². The SMILES string of the molecule is COc1ccc(OC)c(CC(N)CO)c1. The number of aliphatic hydroxyl groups is 1. The van der Waals surface area contributed by atoms with Crippen molar-refractivity contribution < 1.29 is 14.6 Å². The van der Waals surface area contributed by atoms with Crippen molar-refractivity contribution in [1.29, 1.82) is 0 Å². The molecule has 0 radical (unpaired) electrons. The van der Waals surface area contributed by atoms with Gasteiger partial charge in [0.15, 0.2) is 0 Å². The van der Waals surface area contributed by atoms with Gasteiger partial charge in [0.25, 0.3) is 0 Å². The molecule has 1 aromatic carbocycles. The van der Waals surface area contributed by atoms with Gasteiger partial charge in [-0.3, -0.25) is 0 Å². The molecule has 1 aromatic rings. The third-order valence-corrected chi connectivity index (χ3v) is 2.20. The largest absolute Gasteiger partial charge is 0.497 e. The molecule has 3 N–H and O–H groups in total. The molecule has 1 unspecified atom stereocenters. The Kier molecular flexibility index (Phi) is 4.39. The summed E-state index contributed by atoms with van der Waals surface area (Å²) in [7, 11) is 3.22. The Hall–Kier alpha value is -1.26. The maximum absolute atomic E-state index is 8.89. The van der Waals surface area contributed by atoms with E-state index in [-0.39, 0.29) is 12.6 Å². The summed E-state index contributed by atoms with van der Waals surface area (Å²) in [6.07, 6.45) is 0.566. The summed E-state index contributed by atoms with van der Waals surface area (Å²) in [5.74, 6) is 1.52. The van der Waals surface area contributed by atoms with Crippen molar-refractivity contribution >= 4 is 0 Å². The molecule has 4 nitrogen and oxygen atoms in total. The lowest BCUT2D eigenvalue weighted by Crippen LogP contribution is -2.27. The van der Waals surface area contributed by atoms with Crippen molar-refractivity contribution in [1.82, 2.24) is 0 Å². The van der Waals surface area contributed by atoms with Gasteiger partial charge in [0.2, 0.25) is 0 Å². The van der Waals surface area contributed by atoms with E-state index in [9.17, 15) is 0 Å². The quantitative estimate of drug-likeness (QED) is 0.747. The molecule has 0 saturated heterocycles. The van der Waals surface area contributed by atoms with Gasteiger partial charge in [-0.15, -0.1) is 0 Å². The fourth-order valence-corrected chi connectivity index (χ4v) is 1.39. The van der Waals surface area contributed by atoms with Crippen LogP contribution in [0.4, 0.5) is 0 Å². The summed E-state index contributed by atoms with van der Waals surface area (Å²) >= 11 is 0. The normalized spacial score (nSPS) is 12.3. The summed E-state index contributed by atoms with van der Waals surface area (Å²) in [6.45, 7) is -0.0413. The maximum atomic E-state index is 8.89. The molecule has 0 amide bonds. The van der Waals surface area contributed by atoms with Crippen LogP contribution in [0.3, 0.4) is 0 Å². The Morgan fingerprint density at radius 1 is 1.33 bits per heavy atom. The van der Waals surface area contributed by atoms with Crippen molar-refractivity contribution in [3.63, 3.8) is 0 Å². The summed E-state index contributed by atoms with van der Waals surface area (Å²) in [5.41, 5.74) is 6.62. The van der Waals surface area contributed by atoms with Gasteiger partial charge >= 0.3 is 0 Å². The molecule has 0 saturated carbocycles. The number of benzene rings is 1. The van der Waals surface area contributed by atoms with E-state index in [0.29, 0.717) is 6.42 Å². The number of hydrogen-bond acceptors (Lipinski definition) is 4. The van der Waals surface area contributed by atoms with Gasteiger partial charge in [0, 0.05) is 6.04 Å². The maximum Gasteiger partial charge on any atom is 0.122 e. The molecule has 84 valence electrons. The van der Waals surface area contributed by atoms with Crippen LogP contribution in [-0.2, 0) is 6.42 Å². The van der Waals surface area contributed by atoms with Crippen molar-refractivity contribution in [2.75, 3.05) is 20.8 Å². The van der Waals surface area contributed by atoms with Gasteiger partial charge < -0.3 is 20.3 Å². The lowest BCUT2D eigenvalue weighted by Gasteiger charge is -2.13. The first-order valence-corrected chi connectivity index (χ1v) is 4.78. The molecule has 0 aliphatic rings. The highest BCUT2D eigenvalue weighted by Crippen LogP contribution is 2.24. The van der Waals surface area contributed by atoms with E-state index >= 15 is 0 Å². The second-order valence-electron chi connectivity index (χ2n) is 3.32. The van der Waals surface area contributed by atoms with Crippen molar-refractivity contribution in [2.45, 2.75) is 12.5 Å². The molecule has 0 fully saturated rings. The molecule has 0 spiro atoms. The van der Waals surface area contributed by atoms with E-state index in [2.05, 4.69) is 0 Å². The highest BCUT2D eigenvalue weighted by molar-refractivity contribution is 5.40. The molecule has 0 aliphatic carbocycles. The standard InChI is InChI=1S/C11H17NO3/c1-14-10-3-4-11(15-2)8(6-10)5-9(12)7-13/h3-4,6,9,13H,5,7,12H2,1-2H3. The van der Waals surface area contributed by atoms with E-state index < -0.39 is 0 Å². The second kappa shape index (κ2) is 5.58. The molecular weight excluding hydrogens is 194 g/mol. The summed E-state index contributed by atoms with van der Waals surface area (Å²) < 4.78 is 10.3. The number of nitrogens with two attached hydrogens (primary N) is 1. The average molecular weight is 211 g/mol. The van der Waals surface area contributed by atoms with E-state index in [4.69, 9.17) is 20.3 Å². The van der Waals surface area contributed by atoms with E-state index in [1.807, 2.05) is 18.2 Å². The number of aliphatic hydroxyl groups excluding tert-OH is 1. The lowest BCUT2D eigenvalue weighted by molar-refractivity contribution is 0.264. The second-order valence-corrected chi connectivity index (χ2v) is 3.32. The first-order valence-electron chi connectivity index (χ1n) is 4.78. The summed E-state index contributed by atoms with van der Waals surface area (Å²) in [4.78, 5) is 0. The number of hydrogen-bond donors (Lipinski definition) is 2. The first-order chi connectivity index (χ1) is 7.21. The Morgan fingerprint density at radius 2 is 2.07 bits per heavy atom. The summed E-state index contributed by atoms with van der Waals surface area (Å²) in [5, 5.41) is 8.89. The smallest absolute Gasteiger partial charge is 0.122 e. The predicted octanol–water partition coefficient (Wildman–Crippen LogP) is 0.566. The minimum absolute atomic E-state index is 0.0413. The van der Waals surface area contributed by atoms with Gasteiger partial charge in [-0.1, -0.05) is 0 Å². The Morgan fingerprint density at radius 3 is 2.60 bits per heavy atom. The molecule has 0 aliphatic heterocycles. The van der Waals surface area contributed by atoms with Crippen LogP contribution in [0.25, 0.3) is 0 Å². The first kappa shape index (κ1) is 11.8. The zero-order chi connectivity index (χ0) is 11.3. The molecule has 4 heteroatoms. The minimum atomic E-state index is -0.272. The van der Waals surface area contributed by atoms with Crippen LogP contribution in [0.2, 0.25) is 0 Å². The van der Waals surface area contributed by atoms with Crippen LogP contribution in [0, 0.1) is 0 Å². The van der Waals surface area contributed by atoms with Crippen LogP contribution >= 0.6 is 0 Å². The third-order valence-electron chi connectivity index (χ3n) is 2.20. The molecule has 0 bridgehead atoms. The zero-order valence-electron chi connectivity index (χ0n) is 9.06. The van der Waals surface area contributed by atoms with E-state index in [1.165, 1.54) is 0 Å². The fraction of sp³-hybridized carbons (Fsp3) is 0.455. The monoisotopic (exact) mass is 211 g/mol. The minimum Gasteiger partial charge on any atom is -0.497 e. The third kappa shape index (κ3) is 3.11.